The lowest BCUT2D eigenvalue weighted by Gasteiger charge is -2.27. The predicted molar refractivity (Wildman–Crippen MR) is 129 cm³/mol. The molecule has 1 aromatic carbocycles. The zero-order valence-corrected chi connectivity index (χ0v) is 20.6. The predicted octanol–water partition coefficient (Wildman–Crippen LogP) is 3.46. The van der Waals surface area contributed by atoms with Crippen molar-refractivity contribution in [2.24, 2.45) is 10.4 Å². The first-order valence-corrected chi connectivity index (χ1v) is 10.3. The van der Waals surface area contributed by atoms with E-state index in [9.17, 15) is 5.11 Å². The second-order valence-corrected chi connectivity index (χ2v) is 8.55. The molecule has 7 heteroatoms. The Morgan fingerprint density at radius 2 is 2.03 bits per heavy atom. The molecule has 29 heavy (non-hydrogen) atoms. The summed E-state index contributed by atoms with van der Waals surface area (Å²) in [4.78, 5) is 4.74. The van der Waals surface area contributed by atoms with Crippen LogP contribution in [0.15, 0.2) is 29.3 Å². The van der Waals surface area contributed by atoms with Crippen molar-refractivity contribution < 1.29 is 14.6 Å². The van der Waals surface area contributed by atoms with E-state index < -0.39 is 0 Å². The summed E-state index contributed by atoms with van der Waals surface area (Å²) >= 11 is 0. The summed E-state index contributed by atoms with van der Waals surface area (Å²) in [6.07, 6.45) is 1.71. The van der Waals surface area contributed by atoms with Crippen molar-refractivity contribution in [3.05, 3.63) is 35.4 Å². The lowest BCUT2D eigenvalue weighted by molar-refractivity contribution is -0.0149. The lowest BCUT2D eigenvalue weighted by Crippen LogP contribution is -2.44. The van der Waals surface area contributed by atoms with Crippen LogP contribution >= 0.6 is 24.0 Å². The highest BCUT2D eigenvalue weighted by Crippen LogP contribution is 2.31. The van der Waals surface area contributed by atoms with Gasteiger partial charge in [-0.15, -0.1) is 24.0 Å². The molecule has 1 heterocycles. The van der Waals surface area contributed by atoms with Crippen LogP contribution in [0.5, 0.6) is 0 Å². The number of nitrogens with zero attached hydrogens (tertiary/aromatic N) is 1. The molecule has 1 aliphatic rings. The third-order valence-electron chi connectivity index (χ3n) is 4.89. The molecule has 1 atom stereocenters. The second kappa shape index (κ2) is 12.7. The van der Waals surface area contributed by atoms with Gasteiger partial charge in [0.1, 0.15) is 0 Å². The van der Waals surface area contributed by atoms with Crippen LogP contribution < -0.4 is 10.6 Å². The van der Waals surface area contributed by atoms with Crippen molar-refractivity contribution in [1.29, 1.82) is 0 Å². The van der Waals surface area contributed by atoms with Crippen LogP contribution in [-0.4, -0.2) is 49.6 Å². The summed E-state index contributed by atoms with van der Waals surface area (Å²) in [6.45, 7) is 12.6. The topological polar surface area (TPSA) is 75.1 Å². The van der Waals surface area contributed by atoms with Crippen LogP contribution in [0.25, 0.3) is 0 Å². The molecule has 0 amide bonds. The molecule has 0 bridgehead atoms. The minimum absolute atomic E-state index is 0. The molecule has 1 aliphatic heterocycles. The monoisotopic (exact) mass is 519 g/mol. The van der Waals surface area contributed by atoms with Crippen LogP contribution in [0, 0.1) is 5.41 Å². The average molecular weight is 519 g/mol. The fourth-order valence-corrected chi connectivity index (χ4v) is 3.21. The zero-order valence-electron chi connectivity index (χ0n) is 18.3. The molecule has 166 valence electrons. The first kappa shape index (κ1) is 26.1. The van der Waals surface area contributed by atoms with E-state index in [1.54, 1.807) is 0 Å². The zero-order chi connectivity index (χ0) is 20.5. The number of aliphatic imine (C=N–C) groups is 1. The Balaban J connectivity index is 0.00000420. The molecule has 0 radical (unpaired) electrons. The largest absolute Gasteiger partial charge is 0.396 e. The summed E-state index contributed by atoms with van der Waals surface area (Å²) in [6, 6.07) is 8.38. The molecule has 1 fully saturated rings. The Labute approximate surface area is 192 Å². The van der Waals surface area contributed by atoms with E-state index in [2.05, 4.69) is 62.6 Å². The smallest absolute Gasteiger partial charge is 0.191 e. The van der Waals surface area contributed by atoms with Gasteiger partial charge >= 0.3 is 0 Å². The third-order valence-corrected chi connectivity index (χ3v) is 4.89. The Bertz CT molecular complexity index is 626. The molecule has 1 saturated heterocycles. The van der Waals surface area contributed by atoms with Crippen molar-refractivity contribution in [3.8, 4) is 0 Å². The van der Waals surface area contributed by atoms with Gasteiger partial charge in [0, 0.05) is 31.7 Å². The highest BCUT2D eigenvalue weighted by molar-refractivity contribution is 14.0. The van der Waals surface area contributed by atoms with Crippen molar-refractivity contribution in [1.82, 2.24) is 10.6 Å². The van der Waals surface area contributed by atoms with Crippen molar-refractivity contribution in [2.75, 3.05) is 32.9 Å². The van der Waals surface area contributed by atoms with E-state index in [4.69, 9.17) is 14.5 Å². The number of nitrogens with one attached hydrogen (secondary N) is 2. The molecule has 0 spiro atoms. The maximum Gasteiger partial charge on any atom is 0.191 e. The average Bonchev–Trinajstić information content (AvgIpc) is 3.11. The molecule has 1 unspecified atom stereocenters. The van der Waals surface area contributed by atoms with E-state index in [-0.39, 0.29) is 41.6 Å². The van der Waals surface area contributed by atoms with E-state index in [1.165, 1.54) is 0 Å². The maximum absolute atomic E-state index is 9.39. The number of hydrogen-bond acceptors (Lipinski definition) is 4. The van der Waals surface area contributed by atoms with Gasteiger partial charge in [-0.3, -0.25) is 0 Å². The third kappa shape index (κ3) is 9.63. The summed E-state index contributed by atoms with van der Waals surface area (Å²) in [5.74, 6) is 0.794. The Morgan fingerprint density at radius 3 is 2.66 bits per heavy atom. The van der Waals surface area contributed by atoms with Crippen LogP contribution in [0.4, 0.5) is 0 Å². The number of ether oxygens (including phenoxy) is 2. The molecule has 0 aliphatic carbocycles. The summed E-state index contributed by atoms with van der Waals surface area (Å²) < 4.78 is 11.4. The minimum Gasteiger partial charge on any atom is -0.396 e. The normalized spacial score (nSPS) is 19.7. The van der Waals surface area contributed by atoms with Gasteiger partial charge in [0.2, 0.25) is 0 Å². The Morgan fingerprint density at radius 1 is 1.28 bits per heavy atom. The van der Waals surface area contributed by atoms with Gasteiger partial charge in [0.25, 0.3) is 0 Å². The number of guanidine groups is 1. The fraction of sp³-hybridized carbons (Fsp3) is 0.682. The van der Waals surface area contributed by atoms with Crippen LogP contribution in [0.2, 0.25) is 0 Å². The molecule has 0 saturated carbocycles. The van der Waals surface area contributed by atoms with Gasteiger partial charge < -0.3 is 25.2 Å². The van der Waals surface area contributed by atoms with Crippen molar-refractivity contribution in [2.45, 2.75) is 59.3 Å². The quantitative estimate of drug-likeness (QED) is 0.265. The van der Waals surface area contributed by atoms with E-state index >= 15 is 0 Å². The highest BCUT2D eigenvalue weighted by Gasteiger charge is 2.34. The van der Waals surface area contributed by atoms with Gasteiger partial charge in [-0.05, 0) is 51.7 Å². The molecule has 0 aromatic heterocycles. The van der Waals surface area contributed by atoms with E-state index in [0.717, 1.165) is 49.6 Å². The molecule has 2 rings (SSSR count). The molecule has 6 nitrogen and oxygen atoms in total. The summed E-state index contributed by atoms with van der Waals surface area (Å²) in [7, 11) is 0. The molecular weight excluding hydrogens is 481 g/mol. The van der Waals surface area contributed by atoms with Crippen LogP contribution in [-0.2, 0) is 22.6 Å². The number of halogens is 1. The van der Waals surface area contributed by atoms with Gasteiger partial charge in [-0.2, -0.15) is 0 Å². The summed E-state index contributed by atoms with van der Waals surface area (Å²) in [5, 5.41) is 16.1. The fourth-order valence-electron chi connectivity index (χ4n) is 3.21. The van der Waals surface area contributed by atoms with Gasteiger partial charge in [-0.1, -0.05) is 24.3 Å². The highest BCUT2D eigenvalue weighted by atomic mass is 127. The molecular formula is C22H38IN3O3. The van der Waals surface area contributed by atoms with E-state index in [0.29, 0.717) is 19.8 Å². The Kier molecular flexibility index (Phi) is 11.5. The lowest BCUT2D eigenvalue weighted by atomic mass is 9.84. The molecule has 3 N–H and O–H groups in total. The van der Waals surface area contributed by atoms with Crippen LogP contribution in [0.3, 0.4) is 0 Å². The number of rotatable bonds is 9. The van der Waals surface area contributed by atoms with Crippen molar-refractivity contribution in [3.63, 3.8) is 0 Å². The first-order valence-electron chi connectivity index (χ1n) is 10.3. The number of aliphatic hydroxyl groups excluding tert-OH is 1. The van der Waals surface area contributed by atoms with Gasteiger partial charge in [0.05, 0.1) is 25.4 Å². The van der Waals surface area contributed by atoms with E-state index in [1.807, 2.05) is 0 Å². The van der Waals surface area contributed by atoms with Gasteiger partial charge in [-0.25, -0.2) is 4.99 Å². The Hall–Kier alpha value is -0.900. The number of aliphatic hydroxyl groups is 1. The van der Waals surface area contributed by atoms with Crippen molar-refractivity contribution >= 4 is 29.9 Å². The van der Waals surface area contributed by atoms with Crippen LogP contribution in [0.1, 0.15) is 51.7 Å². The second-order valence-electron chi connectivity index (χ2n) is 8.55. The SMILES string of the molecule is CCNC(=NCc1cccc(COC(C)(C)C)c1)NCC1(CCO)CCOC1.I. The van der Waals surface area contributed by atoms with Gasteiger partial charge in [0.15, 0.2) is 5.96 Å². The first-order chi connectivity index (χ1) is 13.4. The standard InChI is InChI=1S/C22H37N3O3.HI/c1-5-23-20(25-16-22(9-11-26)10-12-27-17-22)24-14-18-7-6-8-19(13-18)15-28-21(2,3)4;/h6-8,13,26H,5,9-12,14-17H2,1-4H3,(H2,23,24,25);1H. The number of benzene rings is 1. The summed E-state index contributed by atoms with van der Waals surface area (Å²) in [5.41, 5.74) is 2.16. The minimum atomic E-state index is -0.148. The molecule has 1 aromatic rings. The number of hydrogen-bond donors (Lipinski definition) is 3. The maximum atomic E-state index is 9.39.